The monoisotopic (exact) mass is 309 g/mol. The SMILES string of the molecule is CC(C)CN(C)S(=O)(=O)c1ccc(CCl)c(Cl)c1. The fourth-order valence-corrected chi connectivity index (χ4v) is 3.56. The van der Waals surface area contributed by atoms with E-state index in [1.807, 2.05) is 13.8 Å². The predicted octanol–water partition coefficient (Wildman–Crippen LogP) is 3.36. The van der Waals surface area contributed by atoms with E-state index < -0.39 is 10.0 Å². The zero-order valence-corrected chi connectivity index (χ0v) is 13.0. The van der Waals surface area contributed by atoms with Gasteiger partial charge >= 0.3 is 0 Å². The molecular formula is C12H17Cl2NO2S. The fraction of sp³-hybridized carbons (Fsp3) is 0.500. The number of alkyl halides is 1. The van der Waals surface area contributed by atoms with Crippen LogP contribution in [0.2, 0.25) is 5.02 Å². The quantitative estimate of drug-likeness (QED) is 0.782. The number of sulfonamides is 1. The number of hydrogen-bond acceptors (Lipinski definition) is 2. The van der Waals surface area contributed by atoms with Gasteiger partial charge in [-0.15, -0.1) is 11.6 Å². The topological polar surface area (TPSA) is 37.4 Å². The van der Waals surface area contributed by atoms with Gasteiger partial charge < -0.3 is 0 Å². The Kier molecular flexibility index (Phi) is 5.46. The van der Waals surface area contributed by atoms with Crippen molar-refractivity contribution in [1.82, 2.24) is 4.31 Å². The summed E-state index contributed by atoms with van der Waals surface area (Å²) >= 11 is 11.7. The molecule has 1 aromatic rings. The van der Waals surface area contributed by atoms with Gasteiger partial charge in [0.1, 0.15) is 0 Å². The molecule has 18 heavy (non-hydrogen) atoms. The van der Waals surface area contributed by atoms with Crippen LogP contribution in [0.3, 0.4) is 0 Å². The van der Waals surface area contributed by atoms with Gasteiger partial charge in [-0.25, -0.2) is 12.7 Å². The number of hydrogen-bond donors (Lipinski definition) is 0. The third-order valence-corrected chi connectivity index (χ3v) is 4.96. The van der Waals surface area contributed by atoms with Gasteiger partial charge in [-0.3, -0.25) is 0 Å². The summed E-state index contributed by atoms with van der Waals surface area (Å²) in [4.78, 5) is 0.199. The van der Waals surface area contributed by atoms with Crippen molar-refractivity contribution < 1.29 is 8.42 Å². The highest BCUT2D eigenvalue weighted by atomic mass is 35.5. The van der Waals surface area contributed by atoms with E-state index in [-0.39, 0.29) is 16.7 Å². The van der Waals surface area contributed by atoms with Crippen LogP contribution in [0.25, 0.3) is 0 Å². The van der Waals surface area contributed by atoms with Gasteiger partial charge in [0.25, 0.3) is 0 Å². The zero-order chi connectivity index (χ0) is 13.9. The lowest BCUT2D eigenvalue weighted by molar-refractivity contribution is 0.417. The molecule has 1 rings (SSSR count). The minimum atomic E-state index is -3.48. The Labute approximate surface area is 119 Å². The second-order valence-electron chi connectivity index (χ2n) is 4.57. The van der Waals surface area contributed by atoms with Gasteiger partial charge in [0.15, 0.2) is 0 Å². The summed E-state index contributed by atoms with van der Waals surface area (Å²) in [5, 5.41) is 0.379. The van der Waals surface area contributed by atoms with Crippen molar-refractivity contribution in [3.05, 3.63) is 28.8 Å². The molecule has 0 fully saturated rings. The van der Waals surface area contributed by atoms with Crippen LogP contribution in [0.1, 0.15) is 19.4 Å². The number of halogens is 2. The molecule has 0 bridgehead atoms. The maximum Gasteiger partial charge on any atom is 0.242 e. The molecular weight excluding hydrogens is 293 g/mol. The zero-order valence-electron chi connectivity index (χ0n) is 10.7. The standard InChI is InChI=1S/C12H17Cl2NO2S/c1-9(2)8-15(3)18(16,17)11-5-4-10(7-13)12(14)6-11/h4-6,9H,7-8H2,1-3H3. The lowest BCUT2D eigenvalue weighted by Crippen LogP contribution is -2.30. The molecule has 3 nitrogen and oxygen atoms in total. The van der Waals surface area contributed by atoms with Crippen molar-refractivity contribution in [2.75, 3.05) is 13.6 Å². The molecule has 1 aromatic carbocycles. The van der Waals surface area contributed by atoms with E-state index in [4.69, 9.17) is 23.2 Å². The third kappa shape index (κ3) is 3.60. The number of nitrogens with zero attached hydrogens (tertiary/aromatic N) is 1. The van der Waals surface area contributed by atoms with Crippen LogP contribution in [0, 0.1) is 5.92 Å². The van der Waals surface area contributed by atoms with Crippen molar-refractivity contribution in [2.45, 2.75) is 24.6 Å². The summed E-state index contributed by atoms with van der Waals surface area (Å²) in [6.07, 6.45) is 0. The molecule has 0 saturated heterocycles. The molecule has 102 valence electrons. The van der Waals surface area contributed by atoms with E-state index in [0.717, 1.165) is 5.56 Å². The molecule has 0 aliphatic heterocycles. The van der Waals surface area contributed by atoms with Gasteiger partial charge in [0, 0.05) is 24.5 Å². The van der Waals surface area contributed by atoms with Gasteiger partial charge in [-0.05, 0) is 23.6 Å². The maximum absolute atomic E-state index is 12.3. The fourth-order valence-electron chi connectivity index (χ4n) is 1.59. The van der Waals surface area contributed by atoms with E-state index >= 15 is 0 Å². The molecule has 0 aliphatic carbocycles. The molecule has 0 aromatic heterocycles. The Morgan fingerprint density at radius 2 is 1.94 bits per heavy atom. The van der Waals surface area contributed by atoms with E-state index in [2.05, 4.69) is 0 Å². The summed E-state index contributed by atoms with van der Waals surface area (Å²) in [6.45, 7) is 4.41. The second-order valence-corrected chi connectivity index (χ2v) is 7.29. The summed E-state index contributed by atoms with van der Waals surface area (Å²) in [6, 6.07) is 4.63. The Morgan fingerprint density at radius 3 is 2.39 bits per heavy atom. The van der Waals surface area contributed by atoms with Gasteiger partial charge in [-0.1, -0.05) is 31.5 Å². The highest BCUT2D eigenvalue weighted by Gasteiger charge is 2.22. The van der Waals surface area contributed by atoms with Gasteiger partial charge in [0.2, 0.25) is 10.0 Å². The van der Waals surface area contributed by atoms with Crippen LogP contribution in [-0.4, -0.2) is 26.3 Å². The van der Waals surface area contributed by atoms with Crippen LogP contribution in [0.4, 0.5) is 0 Å². The third-order valence-electron chi connectivity index (χ3n) is 2.50. The Hall–Kier alpha value is -0.290. The largest absolute Gasteiger partial charge is 0.242 e. The van der Waals surface area contributed by atoms with Gasteiger partial charge in [0.05, 0.1) is 4.90 Å². The molecule has 0 radical (unpaired) electrons. The first kappa shape index (κ1) is 15.8. The van der Waals surface area contributed by atoms with E-state index in [1.54, 1.807) is 13.1 Å². The lowest BCUT2D eigenvalue weighted by Gasteiger charge is -2.19. The highest BCUT2D eigenvalue weighted by Crippen LogP contribution is 2.24. The van der Waals surface area contributed by atoms with E-state index in [9.17, 15) is 8.42 Å². The highest BCUT2D eigenvalue weighted by molar-refractivity contribution is 7.89. The summed E-state index contributed by atoms with van der Waals surface area (Å²) in [7, 11) is -1.91. The average Bonchev–Trinajstić information content (AvgIpc) is 2.27. The lowest BCUT2D eigenvalue weighted by atomic mass is 10.2. The van der Waals surface area contributed by atoms with Crippen molar-refractivity contribution in [3.63, 3.8) is 0 Å². The molecule has 0 saturated carbocycles. The normalized spacial score (nSPS) is 12.4. The molecule has 0 N–H and O–H groups in total. The van der Waals surface area contributed by atoms with Crippen LogP contribution >= 0.6 is 23.2 Å². The van der Waals surface area contributed by atoms with Crippen molar-refractivity contribution >= 4 is 33.2 Å². The van der Waals surface area contributed by atoms with Crippen LogP contribution in [-0.2, 0) is 15.9 Å². The van der Waals surface area contributed by atoms with E-state index in [0.29, 0.717) is 11.6 Å². The van der Waals surface area contributed by atoms with Crippen molar-refractivity contribution in [1.29, 1.82) is 0 Å². The van der Waals surface area contributed by atoms with Crippen molar-refractivity contribution in [3.8, 4) is 0 Å². The Balaban J connectivity index is 3.09. The molecule has 0 atom stereocenters. The Morgan fingerprint density at radius 1 is 1.33 bits per heavy atom. The summed E-state index contributed by atoms with van der Waals surface area (Å²) in [5.41, 5.74) is 0.726. The minimum Gasteiger partial charge on any atom is -0.207 e. The molecule has 6 heteroatoms. The molecule has 0 aliphatic rings. The van der Waals surface area contributed by atoms with E-state index in [1.165, 1.54) is 16.4 Å². The minimum absolute atomic E-state index is 0.199. The average molecular weight is 310 g/mol. The first-order chi connectivity index (χ1) is 8.28. The molecule has 0 spiro atoms. The summed E-state index contributed by atoms with van der Waals surface area (Å²) in [5.74, 6) is 0.531. The van der Waals surface area contributed by atoms with Crippen molar-refractivity contribution in [2.24, 2.45) is 5.92 Å². The maximum atomic E-state index is 12.3. The summed E-state index contributed by atoms with van der Waals surface area (Å²) < 4.78 is 25.8. The number of benzene rings is 1. The number of rotatable bonds is 5. The van der Waals surface area contributed by atoms with Crippen LogP contribution in [0.5, 0.6) is 0 Å². The molecule has 0 unspecified atom stereocenters. The molecule has 0 heterocycles. The first-order valence-corrected chi connectivity index (χ1v) is 7.95. The van der Waals surface area contributed by atoms with Gasteiger partial charge in [-0.2, -0.15) is 0 Å². The molecule has 0 amide bonds. The van der Waals surface area contributed by atoms with Crippen LogP contribution in [0.15, 0.2) is 23.1 Å². The first-order valence-electron chi connectivity index (χ1n) is 5.59. The second kappa shape index (κ2) is 6.24. The Bertz CT molecular complexity index is 515. The van der Waals surface area contributed by atoms with Crippen LogP contribution < -0.4 is 0 Å². The predicted molar refractivity (Wildman–Crippen MR) is 75.7 cm³/mol. The smallest absolute Gasteiger partial charge is 0.207 e.